The summed E-state index contributed by atoms with van der Waals surface area (Å²) in [7, 11) is 0. The molecular weight excluding hydrogens is 383 g/mol. The van der Waals surface area contributed by atoms with Crippen molar-refractivity contribution in [1.82, 2.24) is 10.2 Å². The highest BCUT2D eigenvalue weighted by molar-refractivity contribution is 5.77. The van der Waals surface area contributed by atoms with Crippen LogP contribution < -0.4 is 14.8 Å². The molecule has 5 nitrogen and oxygen atoms in total. The summed E-state index contributed by atoms with van der Waals surface area (Å²) in [5, 5.41) is 3.02. The second kappa shape index (κ2) is 11.0. The number of alkyl halides is 1. The van der Waals surface area contributed by atoms with Crippen molar-refractivity contribution in [3.05, 3.63) is 59.7 Å². The topological polar surface area (TPSA) is 50.8 Å². The summed E-state index contributed by atoms with van der Waals surface area (Å²) in [6.45, 7) is 5.94. The van der Waals surface area contributed by atoms with E-state index in [0.29, 0.717) is 18.0 Å². The largest absolute Gasteiger partial charge is 0.491 e. The van der Waals surface area contributed by atoms with Crippen LogP contribution in [-0.4, -0.2) is 55.9 Å². The Kier molecular flexibility index (Phi) is 8.08. The highest BCUT2D eigenvalue weighted by Crippen LogP contribution is 2.15. The number of benzene rings is 2. The van der Waals surface area contributed by atoms with Gasteiger partial charge in [0.05, 0.1) is 0 Å². The van der Waals surface area contributed by atoms with Gasteiger partial charge < -0.3 is 19.7 Å². The number of carbonyl (C=O) groups is 1. The van der Waals surface area contributed by atoms with Crippen LogP contribution >= 0.6 is 0 Å². The minimum Gasteiger partial charge on any atom is -0.491 e. The number of likely N-dealkylation sites (tertiary alicyclic amines) is 1. The summed E-state index contributed by atoms with van der Waals surface area (Å²) in [6, 6.07) is 15.4. The molecule has 30 heavy (non-hydrogen) atoms. The highest BCUT2D eigenvalue weighted by Gasteiger charge is 2.23. The van der Waals surface area contributed by atoms with Crippen LogP contribution in [0.2, 0.25) is 0 Å². The molecule has 1 heterocycles. The predicted molar refractivity (Wildman–Crippen MR) is 116 cm³/mol. The standard InChI is InChI=1S/C24H31FN2O3/c1-18-3-7-22(8-4-18)29-16-20(25)15-27-13-11-21(12-14-27)26-24(28)17-30-23-9-5-19(2)6-10-23/h3-10,20-21H,11-17H2,1-2H3,(H,26,28). The summed E-state index contributed by atoms with van der Waals surface area (Å²) >= 11 is 0. The number of carbonyl (C=O) groups excluding carboxylic acids is 1. The van der Waals surface area contributed by atoms with Crippen LogP contribution in [0, 0.1) is 13.8 Å². The number of rotatable bonds is 9. The molecule has 3 rings (SSSR count). The molecule has 1 aliphatic heterocycles. The fraction of sp³-hybridized carbons (Fsp3) is 0.458. The second-order valence-corrected chi connectivity index (χ2v) is 7.97. The van der Waals surface area contributed by atoms with E-state index >= 15 is 0 Å². The van der Waals surface area contributed by atoms with E-state index in [1.54, 1.807) is 0 Å². The number of hydrogen-bond acceptors (Lipinski definition) is 4. The van der Waals surface area contributed by atoms with Crippen LogP contribution in [0.1, 0.15) is 24.0 Å². The predicted octanol–water partition coefficient (Wildman–Crippen LogP) is 3.68. The van der Waals surface area contributed by atoms with Gasteiger partial charge in [-0.15, -0.1) is 0 Å². The molecule has 162 valence electrons. The number of hydrogen-bond donors (Lipinski definition) is 1. The maximum Gasteiger partial charge on any atom is 0.258 e. The Morgan fingerprint density at radius 1 is 1.00 bits per heavy atom. The molecule has 1 N–H and O–H groups in total. The number of amides is 1. The smallest absolute Gasteiger partial charge is 0.258 e. The molecule has 2 aromatic rings. The first-order chi connectivity index (χ1) is 14.5. The molecule has 0 spiro atoms. The number of nitrogens with one attached hydrogen (secondary N) is 1. The average Bonchev–Trinajstić information content (AvgIpc) is 2.74. The summed E-state index contributed by atoms with van der Waals surface area (Å²) in [5.74, 6) is 1.26. The van der Waals surface area contributed by atoms with Crippen molar-refractivity contribution in [1.29, 1.82) is 0 Å². The first kappa shape index (κ1) is 22.1. The van der Waals surface area contributed by atoms with Gasteiger partial charge in [0.2, 0.25) is 0 Å². The van der Waals surface area contributed by atoms with Crippen molar-refractivity contribution in [2.75, 3.05) is 32.8 Å². The Morgan fingerprint density at radius 2 is 1.53 bits per heavy atom. The van der Waals surface area contributed by atoms with Crippen LogP contribution in [0.25, 0.3) is 0 Å². The van der Waals surface area contributed by atoms with Crippen molar-refractivity contribution < 1.29 is 18.7 Å². The summed E-state index contributed by atoms with van der Waals surface area (Å²) in [4.78, 5) is 14.2. The fourth-order valence-electron chi connectivity index (χ4n) is 3.47. The molecular formula is C24H31FN2O3. The molecule has 0 radical (unpaired) electrons. The SMILES string of the molecule is Cc1ccc(OCC(=O)NC2CCN(CC(F)COc3ccc(C)cc3)CC2)cc1. The maximum absolute atomic E-state index is 14.3. The van der Waals surface area contributed by atoms with Gasteiger partial charge in [0.1, 0.15) is 24.3 Å². The van der Waals surface area contributed by atoms with E-state index in [1.165, 1.54) is 0 Å². The third-order valence-electron chi connectivity index (χ3n) is 5.25. The van der Waals surface area contributed by atoms with Gasteiger partial charge in [-0.1, -0.05) is 35.4 Å². The Labute approximate surface area is 178 Å². The van der Waals surface area contributed by atoms with E-state index in [4.69, 9.17) is 9.47 Å². The number of nitrogens with zero attached hydrogens (tertiary/aromatic N) is 1. The molecule has 1 aliphatic rings. The fourth-order valence-corrected chi connectivity index (χ4v) is 3.47. The van der Waals surface area contributed by atoms with E-state index in [9.17, 15) is 9.18 Å². The van der Waals surface area contributed by atoms with E-state index < -0.39 is 6.17 Å². The lowest BCUT2D eigenvalue weighted by atomic mass is 10.0. The zero-order valence-corrected chi connectivity index (χ0v) is 17.8. The lowest BCUT2D eigenvalue weighted by molar-refractivity contribution is -0.124. The monoisotopic (exact) mass is 414 g/mol. The van der Waals surface area contributed by atoms with E-state index in [0.717, 1.165) is 37.1 Å². The lowest BCUT2D eigenvalue weighted by Gasteiger charge is -2.33. The molecule has 1 unspecified atom stereocenters. The van der Waals surface area contributed by atoms with Crippen LogP contribution in [0.5, 0.6) is 11.5 Å². The van der Waals surface area contributed by atoms with E-state index in [1.807, 2.05) is 62.4 Å². The molecule has 2 aromatic carbocycles. The number of ether oxygens (including phenoxy) is 2. The Hall–Kier alpha value is -2.60. The van der Waals surface area contributed by atoms with E-state index in [2.05, 4.69) is 10.2 Å². The normalized spacial score (nSPS) is 16.1. The number of piperidine rings is 1. The first-order valence-electron chi connectivity index (χ1n) is 10.5. The van der Waals surface area contributed by atoms with Gasteiger partial charge in [0, 0.05) is 25.7 Å². The van der Waals surface area contributed by atoms with Gasteiger partial charge in [-0.25, -0.2) is 4.39 Å². The Bertz CT molecular complexity index is 787. The molecule has 1 atom stereocenters. The zero-order valence-electron chi connectivity index (χ0n) is 17.8. The van der Waals surface area contributed by atoms with Crippen LogP contribution in [0.3, 0.4) is 0 Å². The molecule has 0 aliphatic carbocycles. The third kappa shape index (κ3) is 7.34. The van der Waals surface area contributed by atoms with Gasteiger partial charge in [-0.05, 0) is 51.0 Å². The molecule has 1 saturated heterocycles. The minimum atomic E-state index is -1.04. The molecule has 0 saturated carbocycles. The number of aryl methyl sites for hydroxylation is 2. The van der Waals surface area contributed by atoms with Gasteiger partial charge in [0.15, 0.2) is 6.61 Å². The van der Waals surface area contributed by atoms with Crippen molar-refractivity contribution in [3.8, 4) is 11.5 Å². The summed E-state index contributed by atoms with van der Waals surface area (Å²) in [5.41, 5.74) is 2.30. The van der Waals surface area contributed by atoms with Crippen LogP contribution in [0.4, 0.5) is 4.39 Å². The zero-order chi connectivity index (χ0) is 21.3. The van der Waals surface area contributed by atoms with E-state index in [-0.39, 0.29) is 25.2 Å². The molecule has 1 amide bonds. The highest BCUT2D eigenvalue weighted by atomic mass is 19.1. The van der Waals surface area contributed by atoms with Crippen LogP contribution in [-0.2, 0) is 4.79 Å². The second-order valence-electron chi connectivity index (χ2n) is 7.97. The molecule has 6 heteroatoms. The molecule has 1 fully saturated rings. The van der Waals surface area contributed by atoms with Crippen molar-refractivity contribution in [2.45, 2.75) is 38.9 Å². The molecule has 0 aromatic heterocycles. The van der Waals surface area contributed by atoms with Crippen molar-refractivity contribution in [3.63, 3.8) is 0 Å². The van der Waals surface area contributed by atoms with Gasteiger partial charge in [-0.2, -0.15) is 0 Å². The quantitative estimate of drug-likeness (QED) is 0.680. The van der Waals surface area contributed by atoms with Gasteiger partial charge in [-0.3, -0.25) is 4.79 Å². The van der Waals surface area contributed by atoms with Crippen molar-refractivity contribution >= 4 is 5.91 Å². The van der Waals surface area contributed by atoms with Crippen LogP contribution in [0.15, 0.2) is 48.5 Å². The molecule has 0 bridgehead atoms. The Morgan fingerprint density at radius 3 is 2.10 bits per heavy atom. The Balaban J connectivity index is 1.30. The minimum absolute atomic E-state index is 0.00613. The number of halogens is 1. The third-order valence-corrected chi connectivity index (χ3v) is 5.25. The lowest BCUT2D eigenvalue weighted by Crippen LogP contribution is -2.47. The van der Waals surface area contributed by atoms with Crippen molar-refractivity contribution in [2.24, 2.45) is 0 Å². The van der Waals surface area contributed by atoms with Gasteiger partial charge >= 0.3 is 0 Å². The summed E-state index contributed by atoms with van der Waals surface area (Å²) in [6.07, 6.45) is 0.573. The summed E-state index contributed by atoms with van der Waals surface area (Å²) < 4.78 is 25.4. The average molecular weight is 415 g/mol. The first-order valence-corrected chi connectivity index (χ1v) is 10.5. The maximum atomic E-state index is 14.3. The van der Waals surface area contributed by atoms with Gasteiger partial charge in [0.25, 0.3) is 5.91 Å².